The Bertz CT molecular complexity index is 656. The highest BCUT2D eigenvalue weighted by atomic mass is 14.2. The van der Waals surface area contributed by atoms with Gasteiger partial charge in [0.2, 0.25) is 0 Å². The minimum absolute atomic E-state index is 0.773. The van der Waals surface area contributed by atoms with Crippen LogP contribution in [0, 0.1) is 0 Å². The van der Waals surface area contributed by atoms with Crippen LogP contribution >= 0.6 is 0 Å². The smallest absolute Gasteiger partial charge is 0.0162 e. The zero-order valence-electron chi connectivity index (χ0n) is 29.5. The van der Waals surface area contributed by atoms with Crippen LogP contribution in [0.1, 0.15) is 218 Å². The van der Waals surface area contributed by atoms with Crippen LogP contribution in [0.5, 0.6) is 0 Å². The van der Waals surface area contributed by atoms with E-state index in [4.69, 9.17) is 0 Å². The van der Waals surface area contributed by atoms with Gasteiger partial charge in [-0.1, -0.05) is 197 Å². The van der Waals surface area contributed by atoms with Gasteiger partial charge in [0.25, 0.3) is 0 Å². The van der Waals surface area contributed by atoms with E-state index in [0.717, 1.165) is 5.92 Å². The molecule has 0 radical (unpaired) electrons. The van der Waals surface area contributed by atoms with Crippen LogP contribution in [-0.4, -0.2) is 0 Å². The van der Waals surface area contributed by atoms with Crippen LogP contribution in [0.2, 0.25) is 0 Å². The van der Waals surface area contributed by atoms with E-state index < -0.39 is 0 Å². The number of hydrogen-bond acceptors (Lipinski definition) is 0. The summed E-state index contributed by atoms with van der Waals surface area (Å²) < 4.78 is 0. The summed E-state index contributed by atoms with van der Waals surface area (Å²) >= 11 is 0. The SMILES string of the molecule is CCCCCCCC/C=C\CCCCCCCCC(CCCCCCCC/C=C\CCCCCCCC)c1ccccc1. The fourth-order valence-electron chi connectivity index (χ4n) is 6.48. The third kappa shape index (κ3) is 28.0. The Morgan fingerprint density at radius 1 is 0.372 bits per heavy atom. The molecule has 1 rings (SSSR count). The minimum Gasteiger partial charge on any atom is -0.0885 e. The Morgan fingerprint density at radius 2 is 0.674 bits per heavy atom. The van der Waals surface area contributed by atoms with Gasteiger partial charge in [-0.05, 0) is 75.7 Å². The van der Waals surface area contributed by atoms with Gasteiger partial charge in [-0.25, -0.2) is 0 Å². The van der Waals surface area contributed by atoms with Crippen LogP contribution in [0.4, 0.5) is 0 Å². The maximum absolute atomic E-state index is 2.45. The number of allylic oxidation sites excluding steroid dienone is 4. The fraction of sp³-hybridized carbons (Fsp3) is 0.767. The fourth-order valence-corrected chi connectivity index (χ4v) is 6.48. The molecule has 0 fully saturated rings. The predicted octanol–water partition coefficient (Wildman–Crippen LogP) is 15.6. The summed E-state index contributed by atoms with van der Waals surface area (Å²) in [7, 11) is 0. The zero-order valence-corrected chi connectivity index (χ0v) is 29.5. The molecule has 0 amide bonds. The van der Waals surface area contributed by atoms with Crippen molar-refractivity contribution in [2.24, 2.45) is 0 Å². The third-order valence-electron chi connectivity index (χ3n) is 9.40. The molecule has 0 aliphatic carbocycles. The highest BCUT2D eigenvalue weighted by Crippen LogP contribution is 2.28. The molecular formula is C43H76. The highest BCUT2D eigenvalue weighted by molar-refractivity contribution is 5.19. The van der Waals surface area contributed by atoms with Crippen molar-refractivity contribution in [1.82, 2.24) is 0 Å². The van der Waals surface area contributed by atoms with E-state index in [1.165, 1.54) is 193 Å². The minimum atomic E-state index is 0.773. The summed E-state index contributed by atoms with van der Waals surface area (Å²) in [5, 5.41) is 0. The second-order valence-electron chi connectivity index (χ2n) is 13.6. The van der Waals surface area contributed by atoms with E-state index in [0.29, 0.717) is 0 Å². The van der Waals surface area contributed by atoms with E-state index in [1.54, 1.807) is 5.56 Å². The lowest BCUT2D eigenvalue weighted by Gasteiger charge is -2.17. The van der Waals surface area contributed by atoms with E-state index >= 15 is 0 Å². The molecule has 0 aliphatic heterocycles. The van der Waals surface area contributed by atoms with Crippen LogP contribution in [-0.2, 0) is 0 Å². The van der Waals surface area contributed by atoms with Crippen molar-refractivity contribution < 1.29 is 0 Å². The van der Waals surface area contributed by atoms with Gasteiger partial charge < -0.3 is 0 Å². The molecule has 0 aliphatic rings. The van der Waals surface area contributed by atoms with Crippen molar-refractivity contribution in [1.29, 1.82) is 0 Å². The van der Waals surface area contributed by atoms with Gasteiger partial charge in [-0.15, -0.1) is 0 Å². The Hall–Kier alpha value is -1.30. The Labute approximate surface area is 272 Å². The molecule has 43 heavy (non-hydrogen) atoms. The summed E-state index contributed by atoms with van der Waals surface area (Å²) in [6, 6.07) is 11.4. The van der Waals surface area contributed by atoms with E-state index in [1.807, 2.05) is 0 Å². The van der Waals surface area contributed by atoms with Crippen LogP contribution in [0.3, 0.4) is 0 Å². The van der Waals surface area contributed by atoms with E-state index in [-0.39, 0.29) is 0 Å². The molecule has 0 heterocycles. The van der Waals surface area contributed by atoms with Gasteiger partial charge in [-0.3, -0.25) is 0 Å². The first-order chi connectivity index (χ1) is 21.4. The summed E-state index contributed by atoms with van der Waals surface area (Å²) in [6.45, 7) is 4.60. The third-order valence-corrected chi connectivity index (χ3v) is 9.40. The second-order valence-corrected chi connectivity index (χ2v) is 13.6. The monoisotopic (exact) mass is 593 g/mol. The maximum atomic E-state index is 2.45. The van der Waals surface area contributed by atoms with Crippen molar-refractivity contribution >= 4 is 0 Å². The lowest BCUT2D eigenvalue weighted by atomic mass is 9.88. The van der Waals surface area contributed by atoms with E-state index in [9.17, 15) is 0 Å². The van der Waals surface area contributed by atoms with Crippen LogP contribution in [0.15, 0.2) is 54.6 Å². The molecule has 0 heteroatoms. The molecule has 1 aromatic carbocycles. The number of benzene rings is 1. The Kier molecular flexibility index (Phi) is 31.0. The predicted molar refractivity (Wildman–Crippen MR) is 197 cm³/mol. The normalized spacial score (nSPS) is 12.0. The van der Waals surface area contributed by atoms with Gasteiger partial charge in [0.15, 0.2) is 0 Å². The zero-order chi connectivity index (χ0) is 30.7. The first-order valence-corrected chi connectivity index (χ1v) is 19.7. The van der Waals surface area contributed by atoms with Crippen LogP contribution < -0.4 is 0 Å². The molecule has 1 aromatic rings. The molecule has 0 atom stereocenters. The quantitative estimate of drug-likeness (QED) is 0.0562. The summed E-state index contributed by atoms with van der Waals surface area (Å²) in [4.78, 5) is 0. The molecule has 0 saturated carbocycles. The van der Waals surface area contributed by atoms with Gasteiger partial charge in [0.1, 0.15) is 0 Å². The van der Waals surface area contributed by atoms with Crippen molar-refractivity contribution in [3.63, 3.8) is 0 Å². The Morgan fingerprint density at radius 3 is 1.02 bits per heavy atom. The largest absolute Gasteiger partial charge is 0.0885 e. The van der Waals surface area contributed by atoms with Gasteiger partial charge in [0.05, 0.1) is 0 Å². The lowest BCUT2D eigenvalue weighted by molar-refractivity contribution is 0.485. The molecule has 0 unspecified atom stereocenters. The van der Waals surface area contributed by atoms with Gasteiger partial charge >= 0.3 is 0 Å². The lowest BCUT2D eigenvalue weighted by Crippen LogP contribution is -1.99. The molecule has 0 saturated heterocycles. The van der Waals surface area contributed by atoms with Crippen molar-refractivity contribution in [2.75, 3.05) is 0 Å². The summed E-state index contributed by atoms with van der Waals surface area (Å²) in [5.41, 5.74) is 1.59. The molecule has 248 valence electrons. The molecule has 0 nitrogen and oxygen atoms in total. The average molecular weight is 593 g/mol. The second kappa shape index (κ2) is 33.6. The standard InChI is InChI=1S/C43H76/c1-3-5-7-9-11-13-15-17-19-21-23-25-27-29-31-34-38-42(43-40-36-33-37-41-43)39-35-32-30-28-26-24-22-20-18-16-14-12-10-8-6-4-2/h17-20,33,36-37,40-42H,3-16,21-32,34-35,38-39H2,1-2H3/b19-17-,20-18-. The maximum Gasteiger partial charge on any atom is -0.0162 e. The molecule has 0 spiro atoms. The molecule has 0 bridgehead atoms. The Balaban J connectivity index is 2.01. The molecule has 0 aromatic heterocycles. The highest BCUT2D eigenvalue weighted by Gasteiger charge is 2.11. The van der Waals surface area contributed by atoms with Crippen molar-refractivity contribution in [3.05, 3.63) is 60.2 Å². The molecule has 0 N–H and O–H groups in total. The van der Waals surface area contributed by atoms with Gasteiger partial charge in [0, 0.05) is 0 Å². The number of hydrogen-bond donors (Lipinski definition) is 0. The van der Waals surface area contributed by atoms with Crippen molar-refractivity contribution in [3.8, 4) is 0 Å². The van der Waals surface area contributed by atoms with Crippen molar-refractivity contribution in [2.45, 2.75) is 212 Å². The number of unbranched alkanes of at least 4 members (excludes halogenated alkanes) is 24. The topological polar surface area (TPSA) is 0 Å². The molecular weight excluding hydrogens is 516 g/mol. The summed E-state index contributed by atoms with van der Waals surface area (Å²) in [6.07, 6.45) is 51.6. The number of rotatable bonds is 33. The van der Waals surface area contributed by atoms with Gasteiger partial charge in [-0.2, -0.15) is 0 Å². The average Bonchev–Trinajstić information content (AvgIpc) is 3.03. The first-order valence-electron chi connectivity index (χ1n) is 19.7. The van der Waals surface area contributed by atoms with Crippen LogP contribution in [0.25, 0.3) is 0 Å². The first kappa shape index (κ1) is 39.7. The van der Waals surface area contributed by atoms with E-state index in [2.05, 4.69) is 68.5 Å². The summed E-state index contributed by atoms with van der Waals surface area (Å²) in [5.74, 6) is 0.773.